The first-order chi connectivity index (χ1) is 7.27. The number of rotatable bonds is 3. The molecule has 0 radical (unpaired) electrons. The van der Waals surface area contributed by atoms with Crippen molar-refractivity contribution in [3.63, 3.8) is 0 Å². The van der Waals surface area contributed by atoms with Crippen LogP contribution in [0.1, 0.15) is 38.4 Å². The van der Waals surface area contributed by atoms with Gasteiger partial charge in [-0.25, -0.2) is 4.68 Å². The molecule has 1 aromatic heterocycles. The molecule has 1 fully saturated rings. The molecule has 84 valence electrons. The van der Waals surface area contributed by atoms with Gasteiger partial charge in [-0.15, -0.1) is 5.10 Å². The summed E-state index contributed by atoms with van der Waals surface area (Å²) in [7, 11) is 0. The van der Waals surface area contributed by atoms with Gasteiger partial charge in [0.1, 0.15) is 0 Å². The van der Waals surface area contributed by atoms with Gasteiger partial charge in [-0.3, -0.25) is 0 Å². The van der Waals surface area contributed by atoms with Crippen LogP contribution in [0.2, 0.25) is 0 Å². The van der Waals surface area contributed by atoms with Crippen LogP contribution in [0.4, 0.5) is 0 Å². The third-order valence-corrected chi connectivity index (χ3v) is 3.09. The molecule has 0 amide bonds. The summed E-state index contributed by atoms with van der Waals surface area (Å²) in [6.07, 6.45) is 5.61. The largest absolute Gasteiger partial charge is 0.317 e. The van der Waals surface area contributed by atoms with Gasteiger partial charge in [-0.1, -0.05) is 5.21 Å². The number of piperidine rings is 1. The maximum absolute atomic E-state index is 4.13. The van der Waals surface area contributed by atoms with E-state index >= 15 is 0 Å². The van der Waals surface area contributed by atoms with Gasteiger partial charge in [0.15, 0.2) is 0 Å². The van der Waals surface area contributed by atoms with E-state index in [1.165, 1.54) is 18.5 Å². The molecule has 1 aliphatic heterocycles. The maximum atomic E-state index is 4.13. The molecule has 1 aromatic rings. The first-order valence-corrected chi connectivity index (χ1v) is 5.87. The van der Waals surface area contributed by atoms with Crippen LogP contribution in [0, 0.1) is 5.92 Å². The van der Waals surface area contributed by atoms with Gasteiger partial charge in [0.05, 0.1) is 11.9 Å². The van der Waals surface area contributed by atoms with Crippen molar-refractivity contribution >= 4 is 0 Å². The number of nitrogens with one attached hydrogen (secondary N) is 1. The summed E-state index contributed by atoms with van der Waals surface area (Å²) in [4.78, 5) is 0. The minimum Gasteiger partial charge on any atom is -0.317 e. The molecule has 0 bridgehead atoms. The summed E-state index contributed by atoms with van der Waals surface area (Å²) in [5, 5.41) is 11.5. The average Bonchev–Trinajstić information content (AvgIpc) is 2.67. The van der Waals surface area contributed by atoms with Crippen molar-refractivity contribution in [1.29, 1.82) is 0 Å². The summed E-state index contributed by atoms with van der Waals surface area (Å²) in [5.41, 5.74) is 1.29. The maximum Gasteiger partial charge on any atom is 0.0725 e. The Hall–Kier alpha value is -0.900. The molecule has 4 heteroatoms. The summed E-state index contributed by atoms with van der Waals surface area (Å²) in [5.74, 6) is 0.808. The number of aromatic nitrogens is 3. The van der Waals surface area contributed by atoms with Crippen molar-refractivity contribution in [2.45, 2.75) is 39.2 Å². The van der Waals surface area contributed by atoms with Gasteiger partial charge in [0.25, 0.3) is 0 Å². The van der Waals surface area contributed by atoms with Crippen LogP contribution < -0.4 is 5.32 Å². The van der Waals surface area contributed by atoms with Gasteiger partial charge in [-0.2, -0.15) is 0 Å². The zero-order chi connectivity index (χ0) is 10.7. The van der Waals surface area contributed by atoms with E-state index in [1.807, 2.05) is 10.9 Å². The van der Waals surface area contributed by atoms with Crippen LogP contribution in [0.25, 0.3) is 0 Å². The first kappa shape index (κ1) is 10.6. The minimum atomic E-state index is 0.421. The Balaban J connectivity index is 1.99. The third-order valence-electron chi connectivity index (χ3n) is 3.09. The van der Waals surface area contributed by atoms with E-state index in [2.05, 4.69) is 29.5 Å². The lowest BCUT2D eigenvalue weighted by molar-refractivity contribution is 0.359. The zero-order valence-corrected chi connectivity index (χ0v) is 9.61. The molecule has 1 aliphatic rings. The highest BCUT2D eigenvalue weighted by Crippen LogP contribution is 2.18. The highest BCUT2D eigenvalue weighted by Gasteiger charge is 2.16. The van der Waals surface area contributed by atoms with E-state index < -0.39 is 0 Å². The molecule has 0 atom stereocenters. The van der Waals surface area contributed by atoms with Crippen LogP contribution in [0.15, 0.2) is 6.20 Å². The fourth-order valence-electron chi connectivity index (χ4n) is 2.23. The van der Waals surface area contributed by atoms with Gasteiger partial charge >= 0.3 is 0 Å². The zero-order valence-electron chi connectivity index (χ0n) is 9.61. The molecular weight excluding hydrogens is 188 g/mol. The van der Waals surface area contributed by atoms with Crippen LogP contribution >= 0.6 is 0 Å². The van der Waals surface area contributed by atoms with Crippen LogP contribution in [-0.2, 0) is 6.42 Å². The Bertz CT molecular complexity index is 299. The van der Waals surface area contributed by atoms with E-state index in [9.17, 15) is 0 Å². The van der Waals surface area contributed by atoms with Crippen molar-refractivity contribution in [3.8, 4) is 0 Å². The second-order valence-electron chi connectivity index (χ2n) is 4.66. The molecule has 1 N–H and O–H groups in total. The Morgan fingerprint density at radius 1 is 1.47 bits per heavy atom. The lowest BCUT2D eigenvalue weighted by Gasteiger charge is -2.22. The molecule has 15 heavy (non-hydrogen) atoms. The predicted molar refractivity (Wildman–Crippen MR) is 59.7 cm³/mol. The third kappa shape index (κ3) is 2.56. The molecule has 0 aliphatic carbocycles. The van der Waals surface area contributed by atoms with E-state index in [4.69, 9.17) is 0 Å². The van der Waals surface area contributed by atoms with Crippen molar-refractivity contribution in [3.05, 3.63) is 11.9 Å². The van der Waals surface area contributed by atoms with E-state index in [1.54, 1.807) is 0 Å². The first-order valence-electron chi connectivity index (χ1n) is 5.87. The minimum absolute atomic E-state index is 0.421. The smallest absolute Gasteiger partial charge is 0.0725 e. The van der Waals surface area contributed by atoms with Gasteiger partial charge in [0, 0.05) is 6.04 Å². The molecule has 0 aromatic carbocycles. The molecule has 0 unspecified atom stereocenters. The van der Waals surface area contributed by atoms with Gasteiger partial charge in [0.2, 0.25) is 0 Å². The highest BCUT2D eigenvalue weighted by atomic mass is 15.4. The SMILES string of the molecule is CC(C)n1nncc1CC1CCNCC1. The lowest BCUT2D eigenvalue weighted by Crippen LogP contribution is -2.29. The summed E-state index contributed by atoms with van der Waals surface area (Å²) in [6.45, 7) is 6.63. The Labute approximate surface area is 91.1 Å². The summed E-state index contributed by atoms with van der Waals surface area (Å²) < 4.78 is 2.04. The Morgan fingerprint density at radius 2 is 2.20 bits per heavy atom. The standard InChI is InChI=1S/C11H20N4/c1-9(2)15-11(8-13-14-15)7-10-3-5-12-6-4-10/h8-10,12H,3-7H2,1-2H3. The topological polar surface area (TPSA) is 42.7 Å². The highest BCUT2D eigenvalue weighted by molar-refractivity contribution is 4.97. The van der Waals surface area contributed by atoms with Gasteiger partial charge < -0.3 is 5.32 Å². The number of hydrogen-bond acceptors (Lipinski definition) is 3. The molecule has 4 nitrogen and oxygen atoms in total. The molecule has 2 heterocycles. The molecule has 0 saturated carbocycles. The van der Waals surface area contributed by atoms with Crippen LogP contribution in [0.5, 0.6) is 0 Å². The lowest BCUT2D eigenvalue weighted by atomic mass is 9.93. The van der Waals surface area contributed by atoms with E-state index in [0.717, 1.165) is 25.4 Å². The molecule has 2 rings (SSSR count). The quantitative estimate of drug-likeness (QED) is 0.816. The van der Waals surface area contributed by atoms with Crippen molar-refractivity contribution in [1.82, 2.24) is 20.3 Å². The van der Waals surface area contributed by atoms with Crippen molar-refractivity contribution in [2.24, 2.45) is 5.92 Å². The fraction of sp³-hybridized carbons (Fsp3) is 0.818. The summed E-state index contributed by atoms with van der Waals surface area (Å²) >= 11 is 0. The fourth-order valence-corrected chi connectivity index (χ4v) is 2.23. The van der Waals surface area contributed by atoms with Crippen LogP contribution in [0.3, 0.4) is 0 Å². The second kappa shape index (κ2) is 4.75. The molecular formula is C11H20N4. The Morgan fingerprint density at radius 3 is 2.87 bits per heavy atom. The Kier molecular flexibility index (Phi) is 3.36. The molecule has 1 saturated heterocycles. The second-order valence-corrected chi connectivity index (χ2v) is 4.66. The summed E-state index contributed by atoms with van der Waals surface area (Å²) in [6, 6.07) is 0.421. The van der Waals surface area contributed by atoms with Crippen LogP contribution in [-0.4, -0.2) is 28.1 Å². The average molecular weight is 208 g/mol. The number of hydrogen-bond donors (Lipinski definition) is 1. The van der Waals surface area contributed by atoms with Crippen molar-refractivity contribution < 1.29 is 0 Å². The number of nitrogens with zero attached hydrogens (tertiary/aromatic N) is 3. The molecule has 0 spiro atoms. The normalized spacial score (nSPS) is 18.6. The predicted octanol–water partition coefficient (Wildman–Crippen LogP) is 1.40. The van der Waals surface area contributed by atoms with Crippen molar-refractivity contribution in [2.75, 3.05) is 13.1 Å². The monoisotopic (exact) mass is 208 g/mol. The van der Waals surface area contributed by atoms with Gasteiger partial charge in [-0.05, 0) is 52.1 Å². The van der Waals surface area contributed by atoms with E-state index in [0.29, 0.717) is 6.04 Å². The van der Waals surface area contributed by atoms with E-state index in [-0.39, 0.29) is 0 Å².